The van der Waals surface area contributed by atoms with E-state index < -0.39 is 0 Å². The Labute approximate surface area is 83.6 Å². The lowest BCUT2D eigenvalue weighted by Gasteiger charge is -2.02. The lowest BCUT2D eigenvalue weighted by Crippen LogP contribution is -2.00. The lowest BCUT2D eigenvalue weighted by atomic mass is 10.2. The van der Waals surface area contributed by atoms with Crippen LogP contribution in [0, 0.1) is 5.41 Å². The van der Waals surface area contributed by atoms with Gasteiger partial charge in [0.15, 0.2) is 0 Å². The number of hydrogen-bond donors (Lipinski definition) is 1. The van der Waals surface area contributed by atoms with E-state index in [2.05, 4.69) is 0 Å². The first-order valence-electron chi connectivity index (χ1n) is 3.55. The first kappa shape index (κ1) is 11.8. The average molecular weight is 202 g/mol. The monoisotopic (exact) mass is 201 g/mol. The van der Waals surface area contributed by atoms with Crippen molar-refractivity contribution in [2.24, 2.45) is 0 Å². The predicted molar refractivity (Wildman–Crippen MR) is 54.1 cm³/mol. The molecule has 0 atom stereocenters. The van der Waals surface area contributed by atoms with Crippen LogP contribution in [0.15, 0.2) is 24.3 Å². The molecule has 0 unspecified atom stereocenters. The van der Waals surface area contributed by atoms with Crippen LogP contribution in [0.3, 0.4) is 0 Å². The summed E-state index contributed by atoms with van der Waals surface area (Å²) in [4.78, 5) is 0. The third-order valence-corrected chi connectivity index (χ3v) is 1.56. The van der Waals surface area contributed by atoms with Crippen LogP contribution < -0.4 is 4.74 Å². The van der Waals surface area contributed by atoms with E-state index in [1.807, 2.05) is 0 Å². The van der Waals surface area contributed by atoms with Gasteiger partial charge >= 0.3 is 0 Å². The zero-order valence-corrected chi connectivity index (χ0v) is 8.35. The Bertz CT molecular complexity index is 271. The van der Waals surface area contributed by atoms with Gasteiger partial charge in [-0.3, -0.25) is 5.41 Å². The summed E-state index contributed by atoms with van der Waals surface area (Å²) >= 11 is 0. The molecule has 0 spiro atoms. The molecule has 1 aromatic rings. The number of nitrogens with one attached hydrogen (secondary N) is 1. The van der Waals surface area contributed by atoms with Gasteiger partial charge < -0.3 is 9.47 Å². The van der Waals surface area contributed by atoms with Gasteiger partial charge in [-0.1, -0.05) is 0 Å². The van der Waals surface area contributed by atoms with Gasteiger partial charge in [-0.25, -0.2) is 0 Å². The maximum absolute atomic E-state index is 7.34. The molecule has 0 amide bonds. The van der Waals surface area contributed by atoms with E-state index in [0.717, 1.165) is 11.3 Å². The fourth-order valence-electron chi connectivity index (χ4n) is 0.860. The van der Waals surface area contributed by atoms with Crippen LogP contribution in [0.25, 0.3) is 0 Å². The average Bonchev–Trinajstić information content (AvgIpc) is 2.17. The summed E-state index contributed by atoms with van der Waals surface area (Å²) in [6.45, 7) is 0. The van der Waals surface area contributed by atoms with E-state index in [1.54, 1.807) is 31.4 Å². The highest BCUT2D eigenvalue weighted by Crippen LogP contribution is 2.11. The Balaban J connectivity index is 0.00000144. The second-order valence-electron chi connectivity index (χ2n) is 2.26. The molecule has 0 aromatic heterocycles. The van der Waals surface area contributed by atoms with E-state index >= 15 is 0 Å². The van der Waals surface area contributed by atoms with Crippen molar-refractivity contribution >= 4 is 18.3 Å². The molecule has 0 heterocycles. The van der Waals surface area contributed by atoms with Crippen LogP contribution in [-0.4, -0.2) is 20.1 Å². The normalized spacial score (nSPS) is 8.46. The molecule has 0 radical (unpaired) electrons. The van der Waals surface area contributed by atoms with E-state index in [9.17, 15) is 0 Å². The molecule has 0 fully saturated rings. The first-order valence-corrected chi connectivity index (χ1v) is 3.55. The SMILES string of the molecule is COC(=N)c1ccc(OC)cc1.Cl. The summed E-state index contributed by atoms with van der Waals surface area (Å²) in [6.07, 6.45) is 0. The second-order valence-corrected chi connectivity index (χ2v) is 2.26. The Morgan fingerprint density at radius 1 is 1.15 bits per heavy atom. The second kappa shape index (κ2) is 5.43. The van der Waals surface area contributed by atoms with Crippen LogP contribution in [0.5, 0.6) is 5.75 Å². The van der Waals surface area contributed by atoms with Crippen molar-refractivity contribution in [3.05, 3.63) is 29.8 Å². The van der Waals surface area contributed by atoms with Crippen LogP contribution in [0.2, 0.25) is 0 Å². The van der Waals surface area contributed by atoms with Gasteiger partial charge in [0.25, 0.3) is 0 Å². The molecule has 0 bridgehead atoms. The molecule has 72 valence electrons. The van der Waals surface area contributed by atoms with Crippen LogP contribution in [0.4, 0.5) is 0 Å². The van der Waals surface area contributed by atoms with Crippen molar-refractivity contribution in [1.29, 1.82) is 5.41 Å². The molecule has 13 heavy (non-hydrogen) atoms. The smallest absolute Gasteiger partial charge is 0.212 e. The Kier molecular flexibility index (Phi) is 4.92. The summed E-state index contributed by atoms with van der Waals surface area (Å²) < 4.78 is 9.72. The summed E-state index contributed by atoms with van der Waals surface area (Å²) in [5, 5.41) is 7.34. The van der Waals surface area contributed by atoms with Gasteiger partial charge in [-0.05, 0) is 24.3 Å². The topological polar surface area (TPSA) is 42.3 Å². The predicted octanol–water partition coefficient (Wildman–Crippen LogP) is 2.09. The third-order valence-electron chi connectivity index (χ3n) is 1.56. The minimum Gasteiger partial charge on any atom is -0.497 e. The fraction of sp³-hybridized carbons (Fsp3) is 0.222. The molecular weight excluding hydrogens is 190 g/mol. The minimum absolute atomic E-state index is 0. The Hall–Kier alpha value is -1.22. The van der Waals surface area contributed by atoms with Crippen molar-refractivity contribution in [2.45, 2.75) is 0 Å². The van der Waals surface area contributed by atoms with Crippen molar-refractivity contribution in [2.75, 3.05) is 14.2 Å². The van der Waals surface area contributed by atoms with Gasteiger partial charge in [0.1, 0.15) is 5.75 Å². The van der Waals surface area contributed by atoms with E-state index in [0.29, 0.717) is 0 Å². The van der Waals surface area contributed by atoms with E-state index in [1.165, 1.54) is 7.11 Å². The molecule has 1 aromatic carbocycles. The first-order chi connectivity index (χ1) is 5.77. The molecule has 0 aliphatic heterocycles. The number of rotatable bonds is 2. The van der Waals surface area contributed by atoms with E-state index in [-0.39, 0.29) is 18.3 Å². The largest absolute Gasteiger partial charge is 0.497 e. The molecule has 1 rings (SSSR count). The maximum atomic E-state index is 7.34. The Morgan fingerprint density at radius 2 is 1.69 bits per heavy atom. The maximum Gasteiger partial charge on any atom is 0.212 e. The summed E-state index contributed by atoms with van der Waals surface area (Å²) in [5.41, 5.74) is 0.748. The van der Waals surface area contributed by atoms with Crippen molar-refractivity contribution < 1.29 is 9.47 Å². The van der Waals surface area contributed by atoms with Crippen LogP contribution in [0.1, 0.15) is 5.56 Å². The third kappa shape index (κ3) is 2.95. The molecule has 3 nitrogen and oxygen atoms in total. The van der Waals surface area contributed by atoms with Gasteiger partial charge in [0.05, 0.1) is 14.2 Å². The number of methoxy groups -OCH3 is 2. The fourth-order valence-corrected chi connectivity index (χ4v) is 0.860. The molecule has 1 N–H and O–H groups in total. The lowest BCUT2D eigenvalue weighted by molar-refractivity contribution is 0.400. The van der Waals surface area contributed by atoms with Crippen LogP contribution >= 0.6 is 12.4 Å². The van der Waals surface area contributed by atoms with Crippen LogP contribution in [-0.2, 0) is 4.74 Å². The molecule has 0 aliphatic rings. The quantitative estimate of drug-likeness (QED) is 0.588. The number of benzene rings is 1. The highest BCUT2D eigenvalue weighted by Gasteiger charge is 1.99. The summed E-state index contributed by atoms with van der Waals surface area (Å²) in [7, 11) is 3.09. The van der Waals surface area contributed by atoms with E-state index in [4.69, 9.17) is 14.9 Å². The zero-order chi connectivity index (χ0) is 8.97. The Morgan fingerprint density at radius 3 is 2.08 bits per heavy atom. The van der Waals surface area contributed by atoms with Gasteiger partial charge in [0, 0.05) is 5.56 Å². The summed E-state index contributed by atoms with van der Waals surface area (Å²) in [6, 6.07) is 7.15. The summed E-state index contributed by atoms with van der Waals surface area (Å²) in [5.74, 6) is 0.945. The number of ether oxygens (including phenoxy) is 2. The number of halogens is 1. The molecule has 4 heteroatoms. The minimum atomic E-state index is 0. The van der Waals surface area contributed by atoms with Crippen molar-refractivity contribution in [1.82, 2.24) is 0 Å². The van der Waals surface area contributed by atoms with Gasteiger partial charge in [0.2, 0.25) is 5.90 Å². The highest BCUT2D eigenvalue weighted by molar-refractivity contribution is 5.91. The van der Waals surface area contributed by atoms with Crippen molar-refractivity contribution in [3.8, 4) is 5.75 Å². The number of hydrogen-bond acceptors (Lipinski definition) is 3. The van der Waals surface area contributed by atoms with Gasteiger partial charge in [-0.15, -0.1) is 12.4 Å². The molecule has 0 saturated carbocycles. The molecule has 0 saturated heterocycles. The zero-order valence-electron chi connectivity index (χ0n) is 7.53. The molecular formula is C9H12ClNO2. The standard InChI is InChI=1S/C9H11NO2.ClH/c1-11-8-5-3-7(4-6-8)9(10)12-2;/h3-6,10H,1-2H3;1H. The van der Waals surface area contributed by atoms with Gasteiger partial charge in [-0.2, -0.15) is 0 Å². The van der Waals surface area contributed by atoms with Crippen molar-refractivity contribution in [3.63, 3.8) is 0 Å². The molecule has 0 aliphatic carbocycles. The highest BCUT2D eigenvalue weighted by atomic mass is 35.5.